The van der Waals surface area contributed by atoms with Crippen molar-refractivity contribution in [1.29, 1.82) is 0 Å². The Hall–Kier alpha value is 0.670. The summed E-state index contributed by atoms with van der Waals surface area (Å²) in [5.74, 6) is -6.06. The van der Waals surface area contributed by atoms with Gasteiger partial charge in [-0.15, -0.1) is 0 Å². The second-order valence-corrected chi connectivity index (χ2v) is 13.8. The third kappa shape index (κ3) is 2.81. The number of rotatable bonds is 2. The topological polar surface area (TPSA) is 115 Å². The second-order valence-electron chi connectivity index (χ2n) is 4.87. The molecule has 11 heteroatoms. The predicted molar refractivity (Wildman–Crippen MR) is 97.2 cm³/mol. The highest BCUT2D eigenvalue weighted by atomic mass is 79.9. The van der Waals surface area contributed by atoms with E-state index >= 15 is 0 Å². The molecule has 0 fully saturated rings. The summed E-state index contributed by atoms with van der Waals surface area (Å²) in [5, 5.41) is 41.2. The van der Waals surface area contributed by atoms with E-state index in [9.17, 15) is 28.8 Å². The number of sulfone groups is 1. The van der Waals surface area contributed by atoms with Crippen molar-refractivity contribution in [3.8, 4) is 0 Å². The van der Waals surface area contributed by atoms with Crippen LogP contribution in [0.2, 0.25) is 0 Å². The van der Waals surface area contributed by atoms with E-state index in [1.54, 1.807) is 6.07 Å². The lowest BCUT2D eigenvalue weighted by atomic mass is 9.94. The summed E-state index contributed by atoms with van der Waals surface area (Å²) in [6.07, 6.45) is 0.774. The summed E-state index contributed by atoms with van der Waals surface area (Å²) in [6, 6.07) is 7.10. The SMILES string of the molecule is O=S(=O)(C1=CC(Br)(Br)C(O)(O)C(Br)(Br)C1(O)O)c1ccccc1. The van der Waals surface area contributed by atoms with Crippen molar-refractivity contribution in [3.05, 3.63) is 41.3 Å². The van der Waals surface area contributed by atoms with Crippen LogP contribution in [-0.4, -0.2) is 46.9 Å². The van der Waals surface area contributed by atoms with Gasteiger partial charge in [0.15, 0.2) is 6.47 Å². The molecule has 1 aliphatic rings. The Morgan fingerprint density at radius 3 is 1.83 bits per heavy atom. The quantitative estimate of drug-likeness (QED) is 0.303. The molecule has 0 unspecified atom stereocenters. The smallest absolute Gasteiger partial charge is 0.232 e. The summed E-state index contributed by atoms with van der Waals surface area (Å²) in [6.45, 7) is 0. The molecule has 0 bridgehead atoms. The number of hydrogen-bond donors (Lipinski definition) is 4. The molecule has 2 rings (SSSR count). The molecular formula is C12H10Br4O6S. The largest absolute Gasteiger partial charge is 0.362 e. The molecule has 0 heterocycles. The summed E-state index contributed by atoms with van der Waals surface area (Å²) in [4.78, 5) is -1.04. The highest BCUT2D eigenvalue weighted by molar-refractivity contribution is 9.26. The number of alkyl halides is 4. The van der Waals surface area contributed by atoms with E-state index in [4.69, 9.17) is 0 Å². The van der Waals surface area contributed by atoms with Gasteiger partial charge >= 0.3 is 0 Å². The minimum Gasteiger partial charge on any atom is -0.362 e. The lowest BCUT2D eigenvalue weighted by Crippen LogP contribution is -2.70. The van der Waals surface area contributed by atoms with Gasteiger partial charge in [0.05, 0.1) is 4.90 Å². The molecule has 0 saturated carbocycles. The average molecular weight is 602 g/mol. The van der Waals surface area contributed by atoms with Crippen LogP contribution in [0.25, 0.3) is 0 Å². The maximum Gasteiger partial charge on any atom is 0.232 e. The van der Waals surface area contributed by atoms with Gasteiger partial charge in [0.2, 0.25) is 21.4 Å². The summed E-state index contributed by atoms with van der Waals surface area (Å²) in [7, 11) is -4.34. The Labute approximate surface area is 165 Å². The molecule has 0 atom stereocenters. The molecule has 1 aromatic rings. The monoisotopic (exact) mass is 598 g/mol. The van der Waals surface area contributed by atoms with E-state index in [2.05, 4.69) is 63.7 Å². The molecule has 6 nitrogen and oxygen atoms in total. The van der Waals surface area contributed by atoms with E-state index in [-0.39, 0.29) is 4.90 Å². The van der Waals surface area contributed by atoms with Crippen LogP contribution in [0, 0.1) is 0 Å². The first kappa shape index (κ1) is 20.0. The standard InChI is InChI=1S/C12H10Br4O6S/c13-9(14)6-8(10(17,18)11(15,16)12(9,19)20)23(21,22)7-4-2-1-3-5-7/h1-6,17-20H. The third-order valence-corrected chi connectivity index (χ3v) is 8.99. The van der Waals surface area contributed by atoms with Gasteiger partial charge in [-0.3, -0.25) is 0 Å². The molecule has 0 aromatic heterocycles. The normalized spacial score (nSPS) is 24.8. The van der Waals surface area contributed by atoms with Crippen molar-refractivity contribution >= 4 is 73.6 Å². The van der Waals surface area contributed by atoms with E-state index in [0.717, 1.165) is 6.08 Å². The highest BCUT2D eigenvalue weighted by Gasteiger charge is 2.73. The second kappa shape index (κ2) is 5.85. The van der Waals surface area contributed by atoms with Crippen molar-refractivity contribution < 1.29 is 28.8 Å². The van der Waals surface area contributed by atoms with Crippen LogP contribution >= 0.6 is 63.7 Å². The van der Waals surface area contributed by atoms with Crippen molar-refractivity contribution in [1.82, 2.24) is 0 Å². The molecule has 4 N–H and O–H groups in total. The maximum absolute atomic E-state index is 12.8. The van der Waals surface area contributed by atoms with Gasteiger partial charge < -0.3 is 20.4 Å². The molecular weight excluding hydrogens is 592 g/mol. The van der Waals surface area contributed by atoms with Crippen LogP contribution in [0.15, 0.2) is 46.2 Å². The number of benzene rings is 1. The van der Waals surface area contributed by atoms with E-state index in [1.165, 1.54) is 24.3 Å². The maximum atomic E-state index is 12.8. The van der Waals surface area contributed by atoms with Crippen LogP contribution in [0.3, 0.4) is 0 Å². The van der Waals surface area contributed by atoms with Crippen LogP contribution in [0.1, 0.15) is 0 Å². The Morgan fingerprint density at radius 1 is 0.870 bits per heavy atom. The Bertz CT molecular complexity index is 755. The zero-order chi connectivity index (χ0) is 17.9. The van der Waals surface area contributed by atoms with Gasteiger partial charge in [0, 0.05) is 0 Å². The lowest BCUT2D eigenvalue weighted by Gasteiger charge is -2.51. The van der Waals surface area contributed by atoms with E-state index in [0.29, 0.717) is 0 Å². The summed E-state index contributed by atoms with van der Waals surface area (Å²) < 4.78 is 21.2. The predicted octanol–water partition coefficient (Wildman–Crippen LogP) is 1.69. The van der Waals surface area contributed by atoms with E-state index in [1.807, 2.05) is 0 Å². The van der Waals surface area contributed by atoms with Gasteiger partial charge in [0.25, 0.3) is 0 Å². The third-order valence-electron chi connectivity index (χ3n) is 3.34. The molecule has 0 amide bonds. The van der Waals surface area contributed by atoms with Crippen molar-refractivity contribution in [3.63, 3.8) is 0 Å². The van der Waals surface area contributed by atoms with Crippen LogP contribution in [-0.2, 0) is 9.84 Å². The average Bonchev–Trinajstić information content (AvgIpc) is 2.43. The molecule has 1 aromatic carbocycles. The van der Waals surface area contributed by atoms with Gasteiger partial charge in [-0.2, -0.15) is 0 Å². The highest BCUT2D eigenvalue weighted by Crippen LogP contribution is 2.60. The van der Waals surface area contributed by atoms with Crippen molar-refractivity contribution in [2.75, 3.05) is 0 Å². The molecule has 1 aliphatic carbocycles. The summed E-state index contributed by atoms with van der Waals surface area (Å²) in [5.41, 5.74) is 0. The minimum absolute atomic E-state index is 0.186. The Morgan fingerprint density at radius 2 is 1.35 bits per heavy atom. The van der Waals surface area contributed by atoms with Gasteiger partial charge in [-0.05, 0) is 18.2 Å². The molecule has 0 radical (unpaired) electrons. The van der Waals surface area contributed by atoms with Crippen molar-refractivity contribution in [2.45, 2.75) is 22.9 Å². The van der Waals surface area contributed by atoms with Gasteiger partial charge in [-0.25, -0.2) is 8.42 Å². The molecule has 23 heavy (non-hydrogen) atoms. The summed E-state index contributed by atoms with van der Waals surface area (Å²) >= 11 is 11.4. The number of halogens is 4. The zero-order valence-corrected chi connectivity index (χ0v) is 18.2. The first-order valence-corrected chi connectivity index (χ1v) is 10.5. The van der Waals surface area contributed by atoms with Crippen LogP contribution < -0.4 is 0 Å². The fraction of sp³-hybridized carbons (Fsp3) is 0.333. The van der Waals surface area contributed by atoms with Crippen molar-refractivity contribution in [2.24, 2.45) is 0 Å². The Kier molecular flexibility index (Phi) is 5.08. The fourth-order valence-electron chi connectivity index (χ4n) is 1.96. The first-order chi connectivity index (χ1) is 10.2. The zero-order valence-electron chi connectivity index (χ0n) is 11.0. The molecule has 128 valence electrons. The minimum atomic E-state index is -4.34. The van der Waals surface area contributed by atoms with Crippen LogP contribution in [0.4, 0.5) is 0 Å². The first-order valence-electron chi connectivity index (χ1n) is 5.88. The molecule has 0 saturated heterocycles. The van der Waals surface area contributed by atoms with Crippen LogP contribution in [0.5, 0.6) is 0 Å². The van der Waals surface area contributed by atoms with Gasteiger partial charge in [-0.1, -0.05) is 81.9 Å². The fourth-order valence-corrected chi connectivity index (χ4v) is 7.33. The number of hydrogen-bond acceptors (Lipinski definition) is 6. The molecule has 0 aliphatic heterocycles. The van der Waals surface area contributed by atoms with E-state index < -0.39 is 32.8 Å². The van der Waals surface area contributed by atoms with Gasteiger partial charge in [0.1, 0.15) is 4.91 Å². The Balaban J connectivity index is 2.79. The number of aliphatic hydroxyl groups is 4. The molecule has 0 spiro atoms. The lowest BCUT2D eigenvalue weighted by molar-refractivity contribution is -0.241.